The van der Waals surface area contributed by atoms with Crippen LogP contribution in [0.5, 0.6) is 0 Å². The highest BCUT2D eigenvalue weighted by atomic mass is 16.7. The molecule has 0 aliphatic carbocycles. The molecule has 3 amide bonds. The average Bonchev–Trinajstić information content (AvgIpc) is 3.28. The predicted octanol–water partition coefficient (Wildman–Crippen LogP) is -5.09. The summed E-state index contributed by atoms with van der Waals surface area (Å²) in [4.78, 5) is 51.5. The van der Waals surface area contributed by atoms with Crippen molar-refractivity contribution in [2.24, 2.45) is 0 Å². The summed E-state index contributed by atoms with van der Waals surface area (Å²) in [6, 6.07) is 0. The van der Waals surface area contributed by atoms with Crippen LogP contribution in [-0.4, -0.2) is 152 Å². The van der Waals surface area contributed by atoms with E-state index < -0.39 is 92.4 Å². The molecule has 8 N–H and O–H groups in total. The number of imide groups is 1. The monoisotopic (exact) mass is 610 g/mol. The number of nitrogens with zero attached hydrogens (tertiary/aromatic N) is 1. The number of hydrogen-bond acceptors (Lipinski definition) is 16. The summed E-state index contributed by atoms with van der Waals surface area (Å²) < 4.78 is 21.5. The standard InChI is InChI=1S/C24H38N2O16/c27-9-11-17(33)19(35)20(36)24(40-11)41-22-18(34)12(10-28)39-23(21(22)37)38-8-7-25-13(29)3-1-2-4-16(32)42-26-14(30)5-6-15(26)31/h11-12,17-24,27-28,33-37H,1-10H2,(H,25,29)/t11?,12?,17-,18-,19?,20?,21?,22?,23+,24-/m1/s1. The molecule has 0 saturated carbocycles. The molecule has 0 aromatic rings. The van der Waals surface area contributed by atoms with E-state index >= 15 is 0 Å². The zero-order chi connectivity index (χ0) is 31.0. The van der Waals surface area contributed by atoms with E-state index in [0.29, 0.717) is 11.5 Å². The predicted molar refractivity (Wildman–Crippen MR) is 131 cm³/mol. The van der Waals surface area contributed by atoms with E-state index in [2.05, 4.69) is 5.32 Å². The van der Waals surface area contributed by atoms with E-state index in [1.54, 1.807) is 0 Å². The van der Waals surface area contributed by atoms with Gasteiger partial charge in [-0.25, -0.2) is 4.79 Å². The second kappa shape index (κ2) is 15.9. The Morgan fingerprint density at radius 3 is 2.05 bits per heavy atom. The number of carbonyl (C=O) groups excluding carboxylic acids is 4. The number of hydrogen-bond donors (Lipinski definition) is 8. The van der Waals surface area contributed by atoms with Crippen molar-refractivity contribution in [2.75, 3.05) is 26.4 Å². The van der Waals surface area contributed by atoms with Gasteiger partial charge in [0.25, 0.3) is 11.8 Å². The normalized spacial score (nSPS) is 35.4. The number of nitrogens with one attached hydrogen (secondary N) is 1. The van der Waals surface area contributed by atoms with E-state index in [-0.39, 0.29) is 51.2 Å². The second-order valence-corrected chi connectivity index (χ2v) is 9.98. The molecule has 3 heterocycles. The third-order valence-electron chi connectivity index (χ3n) is 6.90. The van der Waals surface area contributed by atoms with Crippen LogP contribution in [-0.2, 0) is 43.0 Å². The van der Waals surface area contributed by atoms with Gasteiger partial charge >= 0.3 is 5.97 Å². The van der Waals surface area contributed by atoms with Gasteiger partial charge in [0.1, 0.15) is 48.8 Å². The zero-order valence-electron chi connectivity index (χ0n) is 22.6. The topological polar surface area (TPSA) is 271 Å². The molecule has 3 saturated heterocycles. The minimum atomic E-state index is -1.81. The van der Waals surface area contributed by atoms with Crippen molar-refractivity contribution in [3.8, 4) is 0 Å². The molecular formula is C24H38N2O16. The van der Waals surface area contributed by atoms with Crippen molar-refractivity contribution in [2.45, 2.75) is 99.9 Å². The summed E-state index contributed by atoms with van der Waals surface area (Å²) in [6.07, 6.45) is -15.4. The Morgan fingerprint density at radius 1 is 0.810 bits per heavy atom. The largest absolute Gasteiger partial charge is 0.394 e. The van der Waals surface area contributed by atoms with Gasteiger partial charge in [-0.3, -0.25) is 14.4 Å². The SMILES string of the molecule is O=C(CCCCC(=O)ON1C(=O)CCC1=O)NCCO[C@H]1OC(CO)[C@@H](O)C(O[C@H]2OC(CO)[C@@H](O)C(O)C2O)C1O. The van der Waals surface area contributed by atoms with Crippen molar-refractivity contribution in [1.82, 2.24) is 10.4 Å². The Bertz CT molecular complexity index is 920. The summed E-state index contributed by atoms with van der Waals surface area (Å²) in [7, 11) is 0. The molecule has 0 aromatic carbocycles. The average molecular weight is 611 g/mol. The van der Waals surface area contributed by atoms with Crippen LogP contribution in [0.4, 0.5) is 0 Å². The second-order valence-electron chi connectivity index (χ2n) is 9.98. The van der Waals surface area contributed by atoms with E-state index in [1.807, 2.05) is 0 Å². The third kappa shape index (κ3) is 8.60. The van der Waals surface area contributed by atoms with Crippen LogP contribution in [0.25, 0.3) is 0 Å². The van der Waals surface area contributed by atoms with Crippen molar-refractivity contribution >= 4 is 23.7 Å². The highest BCUT2D eigenvalue weighted by molar-refractivity contribution is 6.01. The lowest BCUT2D eigenvalue weighted by Gasteiger charge is -2.45. The van der Waals surface area contributed by atoms with Gasteiger partial charge in [-0.15, -0.1) is 5.06 Å². The van der Waals surface area contributed by atoms with Gasteiger partial charge in [-0.1, -0.05) is 0 Å². The summed E-state index contributed by atoms with van der Waals surface area (Å²) in [5.74, 6) is -2.31. The molecule has 0 radical (unpaired) electrons. The number of aliphatic hydroxyl groups is 7. The van der Waals surface area contributed by atoms with E-state index in [1.165, 1.54) is 0 Å². The quantitative estimate of drug-likeness (QED) is 0.0675. The van der Waals surface area contributed by atoms with Crippen LogP contribution in [0.2, 0.25) is 0 Å². The molecular weight excluding hydrogens is 572 g/mol. The van der Waals surface area contributed by atoms with Crippen LogP contribution in [0.1, 0.15) is 38.5 Å². The van der Waals surface area contributed by atoms with E-state index in [0.717, 1.165) is 0 Å². The first kappa shape index (κ1) is 34.1. The Labute approximate surface area is 239 Å². The Hall–Kier alpha value is -2.36. The van der Waals surface area contributed by atoms with Gasteiger partial charge in [-0.2, -0.15) is 0 Å². The summed E-state index contributed by atoms with van der Waals surface area (Å²) in [5, 5.41) is 73.3. The molecule has 10 atom stereocenters. The minimum absolute atomic E-state index is 0.0116. The number of hydroxylamine groups is 2. The van der Waals surface area contributed by atoms with Crippen LogP contribution < -0.4 is 5.32 Å². The van der Waals surface area contributed by atoms with E-state index in [9.17, 15) is 54.9 Å². The number of unbranched alkanes of at least 4 members (excludes halogenated alkanes) is 1. The summed E-state index contributed by atoms with van der Waals surface area (Å²) >= 11 is 0. The van der Waals surface area contributed by atoms with Crippen LogP contribution >= 0.6 is 0 Å². The molecule has 6 unspecified atom stereocenters. The lowest BCUT2D eigenvalue weighted by molar-refractivity contribution is -0.360. The molecule has 240 valence electrons. The molecule has 18 nitrogen and oxygen atoms in total. The first-order chi connectivity index (χ1) is 20.0. The molecule has 0 aromatic heterocycles. The van der Waals surface area contributed by atoms with E-state index in [4.69, 9.17) is 23.8 Å². The fourth-order valence-electron chi connectivity index (χ4n) is 4.50. The number of carbonyl (C=O) groups is 4. The van der Waals surface area contributed by atoms with Gasteiger partial charge in [0.15, 0.2) is 12.6 Å². The van der Waals surface area contributed by atoms with Crippen molar-refractivity contribution in [3.05, 3.63) is 0 Å². The van der Waals surface area contributed by atoms with Crippen LogP contribution in [0.15, 0.2) is 0 Å². The molecule has 42 heavy (non-hydrogen) atoms. The lowest BCUT2D eigenvalue weighted by atomic mass is 9.97. The first-order valence-electron chi connectivity index (χ1n) is 13.5. The van der Waals surface area contributed by atoms with Crippen molar-refractivity contribution in [1.29, 1.82) is 0 Å². The lowest BCUT2D eigenvalue weighted by Crippen LogP contribution is -2.64. The maximum atomic E-state index is 12.1. The first-order valence-corrected chi connectivity index (χ1v) is 13.5. The van der Waals surface area contributed by atoms with Crippen molar-refractivity contribution < 1.29 is 78.7 Å². The summed E-state index contributed by atoms with van der Waals surface area (Å²) in [5.41, 5.74) is 0. The molecule has 3 fully saturated rings. The Morgan fingerprint density at radius 2 is 1.40 bits per heavy atom. The molecule has 3 rings (SSSR count). The minimum Gasteiger partial charge on any atom is -0.394 e. The van der Waals surface area contributed by atoms with Gasteiger partial charge in [0, 0.05) is 32.2 Å². The molecule has 3 aliphatic heterocycles. The maximum absolute atomic E-state index is 12.1. The number of ether oxygens (including phenoxy) is 4. The maximum Gasteiger partial charge on any atom is 0.333 e. The van der Waals surface area contributed by atoms with Gasteiger partial charge < -0.3 is 64.8 Å². The fourth-order valence-corrected chi connectivity index (χ4v) is 4.50. The molecule has 3 aliphatic rings. The number of aliphatic hydroxyl groups excluding tert-OH is 7. The zero-order valence-corrected chi connectivity index (χ0v) is 22.6. The van der Waals surface area contributed by atoms with Gasteiger partial charge in [-0.05, 0) is 12.8 Å². The van der Waals surface area contributed by atoms with Crippen LogP contribution in [0.3, 0.4) is 0 Å². The number of amides is 3. The molecule has 18 heteroatoms. The van der Waals surface area contributed by atoms with Crippen molar-refractivity contribution in [3.63, 3.8) is 0 Å². The smallest absolute Gasteiger partial charge is 0.333 e. The highest BCUT2D eigenvalue weighted by Crippen LogP contribution is 2.29. The number of rotatable bonds is 14. The Kier molecular flexibility index (Phi) is 12.9. The highest BCUT2D eigenvalue weighted by Gasteiger charge is 2.50. The van der Waals surface area contributed by atoms with Gasteiger partial charge in [0.2, 0.25) is 5.91 Å². The van der Waals surface area contributed by atoms with Gasteiger partial charge in [0.05, 0.1) is 19.8 Å². The van der Waals surface area contributed by atoms with Crippen LogP contribution in [0, 0.1) is 0 Å². The molecule has 0 spiro atoms. The molecule has 0 bridgehead atoms. The third-order valence-corrected chi connectivity index (χ3v) is 6.90. The summed E-state index contributed by atoms with van der Waals surface area (Å²) in [6.45, 7) is -1.65. The Balaban J connectivity index is 1.39. The fraction of sp³-hybridized carbons (Fsp3) is 0.833.